The first-order valence-electron chi connectivity index (χ1n) is 3.33. The second kappa shape index (κ2) is 7.76. The summed E-state index contributed by atoms with van der Waals surface area (Å²) >= 11 is 6.58. The first kappa shape index (κ1) is 10.7. The minimum Gasteiger partial charge on any atom is -0.381 e. The van der Waals surface area contributed by atoms with Crippen LogP contribution in [0.25, 0.3) is 0 Å². The number of rotatable bonds is 5. The van der Waals surface area contributed by atoms with Crippen LogP contribution in [0.4, 0.5) is 0 Å². The smallest absolute Gasteiger partial charge is 0.0511 e. The molecule has 0 saturated carbocycles. The summed E-state index contributed by atoms with van der Waals surface area (Å²) in [6, 6.07) is 0. The van der Waals surface area contributed by atoms with Crippen LogP contribution in [0.1, 0.15) is 19.8 Å². The lowest BCUT2D eigenvalue weighted by Crippen LogP contribution is -1.94. The lowest BCUT2D eigenvalue weighted by molar-refractivity contribution is 0.139. The van der Waals surface area contributed by atoms with Crippen LogP contribution in [0.5, 0.6) is 0 Å². The molecule has 0 spiro atoms. The number of halogens is 2. The Kier molecular flexibility index (Phi) is 8.28. The summed E-state index contributed by atoms with van der Waals surface area (Å²) in [5.41, 5.74) is 0. The van der Waals surface area contributed by atoms with Crippen molar-refractivity contribution in [3.05, 3.63) is 9.47 Å². The molecule has 0 fully saturated rings. The van der Waals surface area contributed by atoms with Crippen molar-refractivity contribution >= 4 is 31.9 Å². The van der Waals surface area contributed by atoms with E-state index in [9.17, 15) is 0 Å². The third-order valence-electron chi connectivity index (χ3n) is 0.952. The van der Waals surface area contributed by atoms with Crippen LogP contribution < -0.4 is 0 Å². The Balaban J connectivity index is 3.04. The van der Waals surface area contributed by atoms with E-state index >= 15 is 0 Å². The van der Waals surface area contributed by atoms with Gasteiger partial charge in [-0.25, -0.2) is 0 Å². The predicted octanol–water partition coefficient (Wildman–Crippen LogP) is 3.43. The Labute approximate surface area is 79.1 Å². The molecule has 0 amide bonds. The van der Waals surface area contributed by atoms with Gasteiger partial charge in [0.2, 0.25) is 0 Å². The van der Waals surface area contributed by atoms with Crippen LogP contribution >= 0.6 is 31.9 Å². The summed E-state index contributed by atoms with van der Waals surface area (Å²) < 4.78 is 6.41. The van der Waals surface area contributed by atoms with Gasteiger partial charge < -0.3 is 4.74 Å². The van der Waals surface area contributed by atoms with Crippen molar-refractivity contribution in [3.63, 3.8) is 0 Å². The fourth-order valence-electron chi connectivity index (χ4n) is 0.471. The molecular weight excluding hydrogens is 260 g/mol. The first-order chi connectivity index (χ1) is 4.81. The molecule has 0 aliphatic heterocycles. The molecule has 1 nitrogen and oxygen atoms in total. The third-order valence-corrected chi connectivity index (χ3v) is 2.74. The Morgan fingerprint density at radius 3 is 2.70 bits per heavy atom. The van der Waals surface area contributed by atoms with Crippen LogP contribution in [0.3, 0.4) is 0 Å². The van der Waals surface area contributed by atoms with E-state index in [4.69, 9.17) is 4.74 Å². The Hall–Kier alpha value is 0.660. The van der Waals surface area contributed by atoms with Crippen LogP contribution in [-0.4, -0.2) is 13.2 Å². The van der Waals surface area contributed by atoms with Gasteiger partial charge in [0.1, 0.15) is 0 Å². The van der Waals surface area contributed by atoms with Gasteiger partial charge >= 0.3 is 0 Å². The molecular formula is C7H12Br2O. The minimum atomic E-state index is 0.802. The van der Waals surface area contributed by atoms with Gasteiger partial charge in [0, 0.05) is 17.5 Å². The fourth-order valence-corrected chi connectivity index (χ4v) is 0.861. The zero-order chi connectivity index (χ0) is 7.82. The molecule has 0 bridgehead atoms. The van der Waals surface area contributed by atoms with Crippen molar-refractivity contribution in [2.45, 2.75) is 19.8 Å². The first-order valence-corrected chi connectivity index (χ1v) is 5.04. The summed E-state index contributed by atoms with van der Waals surface area (Å²) in [4.78, 5) is 1.86. The lowest BCUT2D eigenvalue weighted by Gasteiger charge is -1.99. The molecule has 0 unspecified atom stereocenters. The molecule has 60 valence electrons. The minimum absolute atomic E-state index is 0.802. The average molecular weight is 272 g/mol. The molecule has 0 aliphatic rings. The SMILES string of the molecule is CCCOCCC(Br)=CBr. The molecule has 0 aliphatic carbocycles. The largest absolute Gasteiger partial charge is 0.381 e. The number of hydrogen-bond donors (Lipinski definition) is 0. The van der Waals surface area contributed by atoms with Crippen molar-refractivity contribution in [1.29, 1.82) is 0 Å². The Morgan fingerprint density at radius 2 is 2.20 bits per heavy atom. The van der Waals surface area contributed by atoms with Gasteiger partial charge in [0.05, 0.1) is 6.61 Å². The molecule has 0 saturated heterocycles. The normalized spacial score (nSPS) is 12.1. The number of ether oxygens (including phenoxy) is 1. The summed E-state index contributed by atoms with van der Waals surface area (Å²) in [5.74, 6) is 0. The maximum Gasteiger partial charge on any atom is 0.0511 e. The fraction of sp³-hybridized carbons (Fsp3) is 0.714. The molecule has 3 heteroatoms. The van der Waals surface area contributed by atoms with E-state index in [0.29, 0.717) is 0 Å². The average Bonchev–Trinajstić information content (AvgIpc) is 1.98. The Bertz CT molecular complexity index is 102. The number of hydrogen-bond acceptors (Lipinski definition) is 1. The molecule has 0 N–H and O–H groups in total. The highest BCUT2D eigenvalue weighted by Gasteiger charge is 1.89. The van der Waals surface area contributed by atoms with Gasteiger partial charge in [-0.1, -0.05) is 38.8 Å². The van der Waals surface area contributed by atoms with Crippen LogP contribution in [0.15, 0.2) is 9.47 Å². The quantitative estimate of drug-likeness (QED) is 0.696. The van der Waals surface area contributed by atoms with E-state index in [1.165, 1.54) is 0 Å². The van der Waals surface area contributed by atoms with Gasteiger partial charge in [-0.05, 0) is 11.4 Å². The maximum atomic E-state index is 5.26. The summed E-state index contributed by atoms with van der Waals surface area (Å²) in [7, 11) is 0. The van der Waals surface area contributed by atoms with Crippen molar-refractivity contribution in [1.82, 2.24) is 0 Å². The van der Waals surface area contributed by atoms with E-state index < -0.39 is 0 Å². The highest BCUT2D eigenvalue weighted by molar-refractivity contribution is 9.14. The van der Waals surface area contributed by atoms with Gasteiger partial charge in [-0.15, -0.1) is 0 Å². The zero-order valence-corrected chi connectivity index (χ0v) is 9.24. The van der Waals surface area contributed by atoms with Crippen LogP contribution in [0, 0.1) is 0 Å². The van der Waals surface area contributed by atoms with Crippen molar-refractivity contribution in [3.8, 4) is 0 Å². The Morgan fingerprint density at radius 1 is 1.50 bits per heavy atom. The third kappa shape index (κ3) is 6.78. The monoisotopic (exact) mass is 270 g/mol. The van der Waals surface area contributed by atoms with Crippen LogP contribution in [0.2, 0.25) is 0 Å². The second-order valence-corrected chi connectivity index (χ2v) is 3.39. The van der Waals surface area contributed by atoms with Gasteiger partial charge in [0.15, 0.2) is 0 Å². The summed E-state index contributed by atoms with van der Waals surface area (Å²) in [6.07, 6.45) is 2.04. The predicted molar refractivity (Wildman–Crippen MR) is 51.7 cm³/mol. The molecule has 0 rings (SSSR count). The molecule has 0 atom stereocenters. The standard InChI is InChI=1S/C7H12Br2O/c1-2-4-10-5-3-7(9)6-8/h6H,2-5H2,1H3. The topological polar surface area (TPSA) is 9.23 Å². The summed E-state index contributed by atoms with van der Waals surface area (Å²) in [5, 5.41) is 0. The van der Waals surface area contributed by atoms with Gasteiger partial charge in [-0.2, -0.15) is 0 Å². The van der Waals surface area contributed by atoms with Gasteiger partial charge in [0.25, 0.3) is 0 Å². The van der Waals surface area contributed by atoms with Crippen molar-refractivity contribution < 1.29 is 4.74 Å². The molecule has 0 heterocycles. The zero-order valence-electron chi connectivity index (χ0n) is 6.07. The van der Waals surface area contributed by atoms with E-state index in [-0.39, 0.29) is 0 Å². The molecule has 0 aromatic carbocycles. The van der Waals surface area contributed by atoms with Gasteiger partial charge in [-0.3, -0.25) is 0 Å². The highest BCUT2D eigenvalue weighted by Crippen LogP contribution is 2.11. The second-order valence-electron chi connectivity index (χ2n) is 1.92. The van der Waals surface area contributed by atoms with Crippen molar-refractivity contribution in [2.24, 2.45) is 0 Å². The maximum absolute atomic E-state index is 5.26. The van der Waals surface area contributed by atoms with Crippen LogP contribution in [-0.2, 0) is 4.74 Å². The molecule has 0 radical (unpaired) electrons. The van der Waals surface area contributed by atoms with E-state index in [1.54, 1.807) is 0 Å². The van der Waals surface area contributed by atoms with E-state index in [1.807, 2.05) is 4.99 Å². The lowest BCUT2D eigenvalue weighted by atomic mass is 10.4. The highest BCUT2D eigenvalue weighted by atomic mass is 79.9. The molecule has 0 aromatic heterocycles. The van der Waals surface area contributed by atoms with Crippen molar-refractivity contribution in [2.75, 3.05) is 13.2 Å². The van der Waals surface area contributed by atoms with E-state index in [0.717, 1.165) is 30.5 Å². The van der Waals surface area contributed by atoms with E-state index in [2.05, 4.69) is 38.8 Å². The molecule has 0 aromatic rings. The summed E-state index contributed by atoms with van der Waals surface area (Å²) in [6.45, 7) is 3.77. The molecule has 10 heavy (non-hydrogen) atoms.